The van der Waals surface area contributed by atoms with E-state index in [4.69, 9.17) is 0 Å². The fourth-order valence-corrected chi connectivity index (χ4v) is 12.3. The minimum Gasteiger partial charge on any atom is -0.0628 e. The fourth-order valence-electron chi connectivity index (χ4n) is 5.50. The molecule has 1 atom stereocenters. The maximum Gasteiger partial charge on any atom is 0.128 e. The lowest BCUT2D eigenvalue weighted by Crippen LogP contribution is -2.51. The van der Waals surface area contributed by atoms with Crippen molar-refractivity contribution in [3.05, 3.63) is 169 Å². The third-order valence-electron chi connectivity index (χ3n) is 7.35. The first-order valence-corrected chi connectivity index (χ1v) is 16.6. The normalized spacial score (nSPS) is 12.2. The fraction of sp³-hybridized carbons (Fsp3) is 0.0556. The number of hydrogen-bond acceptors (Lipinski definition) is 0. The highest BCUT2D eigenvalue weighted by molar-refractivity contribution is 6.90. The molecule has 2 radical (unpaired) electrons. The Morgan fingerprint density at radius 1 is 0.395 bits per heavy atom. The van der Waals surface area contributed by atoms with E-state index in [-0.39, 0.29) is 0 Å². The molecule has 0 N–H and O–H groups in total. The summed E-state index contributed by atoms with van der Waals surface area (Å²) in [7, 11) is -2.17. The van der Waals surface area contributed by atoms with E-state index < -0.39 is 17.6 Å². The van der Waals surface area contributed by atoms with Crippen LogP contribution in [0.25, 0.3) is 10.8 Å². The zero-order chi connectivity index (χ0) is 25.6. The van der Waals surface area contributed by atoms with E-state index in [2.05, 4.69) is 164 Å². The van der Waals surface area contributed by atoms with Gasteiger partial charge in [0.2, 0.25) is 0 Å². The minimum atomic E-state index is -1.14. The Labute approximate surface area is 229 Å². The van der Waals surface area contributed by atoms with E-state index in [1.54, 1.807) is 0 Å². The van der Waals surface area contributed by atoms with Crippen molar-refractivity contribution in [1.29, 1.82) is 0 Å². The van der Waals surface area contributed by atoms with Gasteiger partial charge in [-0.25, -0.2) is 0 Å². The van der Waals surface area contributed by atoms with Crippen molar-refractivity contribution in [2.45, 2.75) is 11.6 Å². The van der Waals surface area contributed by atoms with Gasteiger partial charge in [0.1, 0.15) is 17.6 Å². The van der Waals surface area contributed by atoms with E-state index >= 15 is 0 Å². The van der Waals surface area contributed by atoms with Gasteiger partial charge in [-0.2, -0.15) is 0 Å². The highest BCUT2D eigenvalue weighted by Gasteiger charge is 2.33. The third kappa shape index (κ3) is 5.33. The zero-order valence-corrected chi connectivity index (χ0v) is 23.4. The second-order valence-electron chi connectivity index (χ2n) is 9.72. The van der Waals surface area contributed by atoms with Gasteiger partial charge < -0.3 is 0 Å². The van der Waals surface area contributed by atoms with E-state index in [1.165, 1.54) is 37.1 Å². The van der Waals surface area contributed by atoms with Crippen LogP contribution in [0.1, 0.15) is 11.1 Å². The van der Waals surface area contributed by atoms with Gasteiger partial charge in [-0.3, -0.25) is 0 Å². The predicted octanol–water partition coefficient (Wildman–Crippen LogP) is 6.08. The molecule has 2 heteroatoms. The van der Waals surface area contributed by atoms with Crippen LogP contribution in [0.2, 0.25) is 6.04 Å². The standard InChI is InChI=1S/C36H30Si2/c1-5-17-32(18-6-1)37(33-19-7-2-8-20-33)28-36(31-26-25-29-15-13-14-16-30(29)27-31)38(34-21-9-3-10-22-34)35-23-11-4-12-24-35/h1-27,36H,28H2. The van der Waals surface area contributed by atoms with Crippen LogP contribution < -0.4 is 20.7 Å². The summed E-state index contributed by atoms with van der Waals surface area (Å²) >= 11 is 0. The summed E-state index contributed by atoms with van der Waals surface area (Å²) in [6.45, 7) is 0. The Hall–Kier alpha value is -3.99. The lowest BCUT2D eigenvalue weighted by Gasteiger charge is -2.30. The second kappa shape index (κ2) is 11.6. The maximum absolute atomic E-state index is 2.46. The van der Waals surface area contributed by atoms with E-state index in [9.17, 15) is 0 Å². The Balaban J connectivity index is 1.55. The molecule has 182 valence electrons. The topological polar surface area (TPSA) is 0 Å². The van der Waals surface area contributed by atoms with Gasteiger partial charge in [-0.15, -0.1) is 0 Å². The minimum absolute atomic E-state index is 0.420. The van der Waals surface area contributed by atoms with Gasteiger partial charge in [-0.05, 0) is 27.9 Å². The molecule has 6 rings (SSSR count). The Morgan fingerprint density at radius 3 is 1.32 bits per heavy atom. The average molecular weight is 519 g/mol. The third-order valence-corrected chi connectivity index (χ3v) is 13.8. The average Bonchev–Trinajstić information content (AvgIpc) is 3.01. The number of benzene rings is 6. The molecule has 0 saturated carbocycles. The highest BCUT2D eigenvalue weighted by Crippen LogP contribution is 2.29. The van der Waals surface area contributed by atoms with E-state index in [1.807, 2.05) is 0 Å². The van der Waals surface area contributed by atoms with Gasteiger partial charge in [0, 0.05) is 0 Å². The lowest BCUT2D eigenvalue weighted by molar-refractivity contribution is 1.05. The molecular formula is C36H30Si2. The molecule has 0 aromatic heterocycles. The van der Waals surface area contributed by atoms with Crippen LogP contribution in [0.5, 0.6) is 0 Å². The van der Waals surface area contributed by atoms with E-state index in [0.717, 1.165) is 6.04 Å². The molecule has 0 aliphatic carbocycles. The van der Waals surface area contributed by atoms with Gasteiger partial charge in [0.15, 0.2) is 0 Å². The van der Waals surface area contributed by atoms with Crippen molar-refractivity contribution in [3.8, 4) is 0 Å². The van der Waals surface area contributed by atoms with Crippen LogP contribution in [0, 0.1) is 0 Å². The monoisotopic (exact) mass is 518 g/mol. The molecule has 0 bridgehead atoms. The van der Waals surface area contributed by atoms with Crippen LogP contribution >= 0.6 is 0 Å². The first kappa shape index (κ1) is 24.4. The molecule has 0 aliphatic rings. The SMILES string of the molecule is c1ccc([Si](CC(c2ccc3ccccc3c2)[Si](c2ccccc2)c2ccccc2)c2ccccc2)cc1. The molecule has 0 nitrogen and oxygen atoms in total. The molecular weight excluding hydrogens is 489 g/mol. The van der Waals surface area contributed by atoms with E-state index in [0.29, 0.717) is 5.54 Å². The number of rotatable bonds is 8. The lowest BCUT2D eigenvalue weighted by atomic mass is 10.1. The summed E-state index contributed by atoms with van der Waals surface area (Å²) in [5.41, 5.74) is 1.88. The predicted molar refractivity (Wildman–Crippen MR) is 167 cm³/mol. The quantitative estimate of drug-likeness (QED) is 0.214. The van der Waals surface area contributed by atoms with Crippen LogP contribution in [0.3, 0.4) is 0 Å². The molecule has 1 unspecified atom stereocenters. The summed E-state index contributed by atoms with van der Waals surface area (Å²) in [5, 5.41) is 8.55. The zero-order valence-electron chi connectivity index (χ0n) is 21.4. The molecule has 38 heavy (non-hydrogen) atoms. The molecule has 0 fully saturated rings. The molecule has 0 saturated heterocycles. The van der Waals surface area contributed by atoms with Crippen molar-refractivity contribution in [2.24, 2.45) is 0 Å². The Bertz CT molecular complexity index is 1500. The first-order valence-electron chi connectivity index (χ1n) is 13.3. The summed E-state index contributed by atoms with van der Waals surface area (Å²) < 4.78 is 0. The second-order valence-corrected chi connectivity index (χ2v) is 14.9. The summed E-state index contributed by atoms with van der Waals surface area (Å²) in [6.07, 6.45) is 0. The van der Waals surface area contributed by atoms with Gasteiger partial charge in [0.25, 0.3) is 0 Å². The van der Waals surface area contributed by atoms with Crippen molar-refractivity contribution in [3.63, 3.8) is 0 Å². The highest BCUT2D eigenvalue weighted by atomic mass is 28.3. The molecule has 0 heterocycles. The van der Waals surface area contributed by atoms with Crippen LogP contribution in [0.4, 0.5) is 0 Å². The number of hydrogen-bond donors (Lipinski definition) is 0. The summed E-state index contributed by atoms with van der Waals surface area (Å²) in [4.78, 5) is 0. The van der Waals surface area contributed by atoms with Gasteiger partial charge in [-0.1, -0.05) is 185 Å². The number of fused-ring (bicyclic) bond motifs is 1. The van der Waals surface area contributed by atoms with Crippen molar-refractivity contribution in [2.75, 3.05) is 0 Å². The molecule has 0 amide bonds. The Morgan fingerprint density at radius 2 is 0.816 bits per heavy atom. The van der Waals surface area contributed by atoms with Crippen LogP contribution in [-0.4, -0.2) is 17.6 Å². The summed E-state index contributed by atoms with van der Waals surface area (Å²) in [6, 6.07) is 62.1. The maximum atomic E-state index is 2.46. The van der Waals surface area contributed by atoms with Crippen molar-refractivity contribution in [1.82, 2.24) is 0 Å². The van der Waals surface area contributed by atoms with Gasteiger partial charge >= 0.3 is 0 Å². The van der Waals surface area contributed by atoms with Crippen molar-refractivity contribution < 1.29 is 0 Å². The smallest absolute Gasteiger partial charge is 0.0628 e. The van der Waals surface area contributed by atoms with Crippen LogP contribution in [-0.2, 0) is 0 Å². The van der Waals surface area contributed by atoms with Crippen LogP contribution in [0.15, 0.2) is 164 Å². The molecule has 6 aromatic rings. The molecule has 0 aliphatic heterocycles. The molecule has 6 aromatic carbocycles. The molecule has 0 spiro atoms. The first-order chi connectivity index (χ1) is 18.9. The van der Waals surface area contributed by atoms with Crippen molar-refractivity contribution >= 4 is 49.1 Å². The Kier molecular flexibility index (Phi) is 7.43. The largest absolute Gasteiger partial charge is 0.128 e. The van der Waals surface area contributed by atoms with Gasteiger partial charge in [0.05, 0.1) is 0 Å². The summed E-state index contributed by atoms with van der Waals surface area (Å²) in [5.74, 6) is 0.